The third-order valence-electron chi connectivity index (χ3n) is 8.40. The fraction of sp³-hybridized carbons (Fsp3) is 0.250. The molecule has 4 unspecified atom stereocenters. The number of fused-ring (bicyclic) bond motifs is 2. The lowest BCUT2D eigenvalue weighted by Crippen LogP contribution is -2.45. The highest BCUT2D eigenvalue weighted by atomic mass is 79.9. The number of carbonyl (C=O) groups is 3. The third kappa shape index (κ3) is 4.92. The Hall–Kier alpha value is -4.58. The fourth-order valence-corrected chi connectivity index (χ4v) is 6.78. The monoisotopic (exact) mass is 658 g/mol. The van der Waals surface area contributed by atoms with Crippen molar-refractivity contribution in [3.63, 3.8) is 0 Å². The molecule has 3 aromatic rings. The molecule has 1 saturated carbocycles. The van der Waals surface area contributed by atoms with Crippen molar-refractivity contribution in [2.45, 2.75) is 37.4 Å². The van der Waals surface area contributed by atoms with Gasteiger partial charge in [-0.05, 0) is 84.5 Å². The number of nitrogens with zero attached hydrogens (tertiary/aromatic N) is 6. The van der Waals surface area contributed by atoms with Crippen LogP contribution in [0.15, 0.2) is 98.3 Å². The first-order valence-corrected chi connectivity index (χ1v) is 15.0. The van der Waals surface area contributed by atoms with Crippen LogP contribution in [0.4, 0.5) is 14.5 Å². The normalized spacial score (nSPS) is 25.1. The van der Waals surface area contributed by atoms with E-state index < -0.39 is 41.7 Å². The summed E-state index contributed by atoms with van der Waals surface area (Å²) in [5.74, 6) is -2.35. The van der Waals surface area contributed by atoms with Crippen molar-refractivity contribution < 1.29 is 23.2 Å². The van der Waals surface area contributed by atoms with E-state index in [9.17, 15) is 23.2 Å². The number of hydrogen-bond acceptors (Lipinski definition) is 7. The lowest BCUT2D eigenvalue weighted by Gasteiger charge is -2.30. The number of carbonyl (C=O) groups excluding carboxylic acids is 3. The lowest BCUT2D eigenvalue weighted by atomic mass is 9.77. The highest BCUT2D eigenvalue weighted by Gasteiger charge is 2.55. The minimum atomic E-state index is -1.06. The average molecular weight is 659 g/mol. The van der Waals surface area contributed by atoms with Gasteiger partial charge in [-0.2, -0.15) is 10.2 Å². The number of allylic oxidation sites excluding steroid dienone is 1. The zero-order valence-corrected chi connectivity index (χ0v) is 24.8. The van der Waals surface area contributed by atoms with E-state index in [1.54, 1.807) is 48.5 Å². The number of imide groups is 1. The fourth-order valence-electron chi connectivity index (χ4n) is 6.40. The van der Waals surface area contributed by atoms with Gasteiger partial charge in [-0.1, -0.05) is 51.5 Å². The van der Waals surface area contributed by atoms with Gasteiger partial charge in [0.05, 0.1) is 17.4 Å². The molecule has 7 rings (SSSR count). The molecule has 12 heteroatoms. The Morgan fingerprint density at radius 2 is 1.68 bits per heavy atom. The Morgan fingerprint density at radius 1 is 0.955 bits per heavy atom. The summed E-state index contributed by atoms with van der Waals surface area (Å²) in [6.07, 6.45) is 4.30. The predicted molar refractivity (Wildman–Crippen MR) is 161 cm³/mol. The van der Waals surface area contributed by atoms with Gasteiger partial charge < -0.3 is 0 Å². The first kappa shape index (κ1) is 28.2. The molecule has 9 nitrogen and oxygen atoms in total. The Morgan fingerprint density at radius 3 is 2.41 bits per heavy atom. The zero-order chi connectivity index (χ0) is 30.5. The van der Waals surface area contributed by atoms with Crippen molar-refractivity contribution in [3.8, 4) is 0 Å². The maximum absolute atomic E-state index is 14.0. The molecule has 0 spiro atoms. The topological polar surface area (TPSA) is 98.0 Å². The second-order valence-corrected chi connectivity index (χ2v) is 12.0. The molecule has 3 aromatic carbocycles. The minimum Gasteiger partial charge on any atom is -0.271 e. The number of anilines is 1. The summed E-state index contributed by atoms with van der Waals surface area (Å²) in [4.78, 5) is 41.7. The molecule has 44 heavy (non-hydrogen) atoms. The van der Waals surface area contributed by atoms with E-state index in [-0.39, 0.29) is 18.3 Å². The molecular weight excluding hydrogens is 634 g/mol. The van der Waals surface area contributed by atoms with Crippen LogP contribution in [-0.4, -0.2) is 52.1 Å². The number of hydrazone groups is 1. The summed E-state index contributed by atoms with van der Waals surface area (Å²) in [5.41, 5.74) is 3.63. The summed E-state index contributed by atoms with van der Waals surface area (Å²) in [5, 5.41) is 15.6. The predicted octanol–water partition coefficient (Wildman–Crippen LogP) is 5.84. The highest BCUT2D eigenvalue weighted by molar-refractivity contribution is 9.10. The van der Waals surface area contributed by atoms with Gasteiger partial charge in [0.15, 0.2) is 12.1 Å². The molecule has 3 aliphatic heterocycles. The quantitative estimate of drug-likeness (QED) is 0.322. The summed E-state index contributed by atoms with van der Waals surface area (Å²) < 4.78 is 28.1. The first-order chi connectivity index (χ1) is 21.3. The molecule has 2 fully saturated rings. The van der Waals surface area contributed by atoms with E-state index in [2.05, 4.69) is 26.3 Å². The molecule has 0 bridgehead atoms. The van der Waals surface area contributed by atoms with Gasteiger partial charge in [-0.3, -0.25) is 19.4 Å². The van der Waals surface area contributed by atoms with Crippen LogP contribution in [0.5, 0.6) is 0 Å². The molecule has 0 aromatic heterocycles. The van der Waals surface area contributed by atoms with Crippen LogP contribution < -0.4 is 4.90 Å². The maximum Gasteiger partial charge on any atom is 0.264 e. The Balaban J connectivity index is 1.19. The molecular formula is C32H25BrF2N6O3. The van der Waals surface area contributed by atoms with Crippen LogP contribution in [-0.2, 0) is 14.4 Å². The molecule has 0 N–H and O–H groups in total. The second-order valence-electron chi connectivity index (χ2n) is 11.1. The maximum atomic E-state index is 14.0. The summed E-state index contributed by atoms with van der Waals surface area (Å²) >= 11 is 3.37. The molecule has 3 heterocycles. The number of halogens is 3. The van der Waals surface area contributed by atoms with E-state index in [1.807, 2.05) is 6.08 Å². The van der Waals surface area contributed by atoms with Gasteiger partial charge in [-0.25, -0.2) is 18.7 Å². The van der Waals surface area contributed by atoms with Gasteiger partial charge >= 0.3 is 0 Å². The van der Waals surface area contributed by atoms with E-state index in [1.165, 1.54) is 34.3 Å². The molecule has 1 saturated heterocycles. The lowest BCUT2D eigenvalue weighted by molar-refractivity contribution is -0.136. The molecule has 4 aliphatic rings. The van der Waals surface area contributed by atoms with Gasteiger partial charge in [0.25, 0.3) is 17.7 Å². The van der Waals surface area contributed by atoms with E-state index in [0.717, 1.165) is 46.6 Å². The Labute approximate surface area is 259 Å². The largest absolute Gasteiger partial charge is 0.271 e. The number of rotatable bonds is 5. The molecule has 0 radical (unpaired) electrons. The number of amides is 3. The third-order valence-corrected chi connectivity index (χ3v) is 8.89. The van der Waals surface area contributed by atoms with Crippen LogP contribution in [0.2, 0.25) is 0 Å². The summed E-state index contributed by atoms with van der Waals surface area (Å²) in [6, 6.07) is 16.4. The van der Waals surface area contributed by atoms with Crippen LogP contribution in [0, 0.1) is 17.6 Å². The van der Waals surface area contributed by atoms with Crippen molar-refractivity contribution >= 4 is 51.1 Å². The first-order valence-electron chi connectivity index (χ1n) is 14.2. The van der Waals surface area contributed by atoms with Gasteiger partial charge in [0.1, 0.15) is 18.2 Å². The molecule has 4 atom stereocenters. The zero-order valence-electron chi connectivity index (χ0n) is 23.2. The number of hydrogen-bond donors (Lipinski definition) is 0. The van der Waals surface area contributed by atoms with Crippen LogP contribution in [0.1, 0.15) is 36.4 Å². The minimum absolute atomic E-state index is 0.153. The van der Waals surface area contributed by atoms with Gasteiger partial charge in [-0.15, -0.1) is 0 Å². The molecule has 222 valence electrons. The Kier molecular flexibility index (Phi) is 7.16. The second kappa shape index (κ2) is 11.2. The standard InChI is InChI=1S/C32H25BrF2N6O3/c33-21-4-2-5-24(16-21)40-31(43)28-30(32(40)44)39(38-36-28)17-26(42)41-29(19-9-13-23(35)14-10-19)25-6-1-3-20(27(25)37-41)15-18-7-11-22(34)12-8-18/h2,4-5,7-16,25,28-30H,1,3,6,17H2/b20-15-. The Bertz CT molecular complexity index is 1760. The van der Waals surface area contributed by atoms with Crippen molar-refractivity contribution in [2.24, 2.45) is 21.4 Å². The average Bonchev–Trinajstić information content (AvgIpc) is 3.68. The van der Waals surface area contributed by atoms with E-state index >= 15 is 0 Å². The number of benzene rings is 3. The highest BCUT2D eigenvalue weighted by Crippen LogP contribution is 2.45. The van der Waals surface area contributed by atoms with E-state index in [0.29, 0.717) is 10.2 Å². The van der Waals surface area contributed by atoms with Gasteiger partial charge in [0, 0.05) is 10.4 Å². The van der Waals surface area contributed by atoms with Crippen LogP contribution in [0.25, 0.3) is 6.08 Å². The van der Waals surface area contributed by atoms with Crippen molar-refractivity contribution in [1.82, 2.24) is 10.0 Å². The van der Waals surface area contributed by atoms with E-state index in [4.69, 9.17) is 5.10 Å². The van der Waals surface area contributed by atoms with Crippen LogP contribution >= 0.6 is 15.9 Å². The SMILES string of the molecule is O=C1C2N=NN(CC(=O)N3N=C4/C(=C\c5ccc(F)cc5)CCCC4C3c3ccc(F)cc3)C2C(=O)N1c1cccc(Br)c1. The smallest absolute Gasteiger partial charge is 0.264 e. The molecule has 3 amide bonds. The molecule has 1 aliphatic carbocycles. The van der Waals surface area contributed by atoms with Crippen molar-refractivity contribution in [2.75, 3.05) is 11.4 Å². The van der Waals surface area contributed by atoms with Crippen LogP contribution in [0.3, 0.4) is 0 Å². The summed E-state index contributed by atoms with van der Waals surface area (Å²) in [6.45, 7) is -0.339. The summed E-state index contributed by atoms with van der Waals surface area (Å²) in [7, 11) is 0. The van der Waals surface area contributed by atoms with Gasteiger partial charge in [0.2, 0.25) is 0 Å². The van der Waals surface area contributed by atoms with Crippen molar-refractivity contribution in [3.05, 3.63) is 106 Å². The van der Waals surface area contributed by atoms with Crippen molar-refractivity contribution in [1.29, 1.82) is 0 Å².